The van der Waals surface area contributed by atoms with Gasteiger partial charge in [-0.25, -0.2) is 0 Å². The second-order valence-electron chi connectivity index (χ2n) is 4.45. The van der Waals surface area contributed by atoms with Gasteiger partial charge in [0.25, 0.3) is 0 Å². The summed E-state index contributed by atoms with van der Waals surface area (Å²) in [6, 6.07) is 4.13. The highest BCUT2D eigenvalue weighted by atomic mass is 35.5. The molecule has 1 rings (SSSR count). The van der Waals surface area contributed by atoms with Crippen molar-refractivity contribution in [3.8, 4) is 5.75 Å². The zero-order chi connectivity index (χ0) is 13.7. The van der Waals surface area contributed by atoms with Crippen molar-refractivity contribution in [2.24, 2.45) is 0 Å². The largest absolute Gasteiger partial charge is 0.491 e. The summed E-state index contributed by atoms with van der Waals surface area (Å²) in [7, 11) is 1.73. The molecule has 0 bridgehead atoms. The number of carbonyl (C=O) groups is 1. The molecule has 0 aliphatic carbocycles. The molecule has 100 valence electrons. The molecule has 1 aromatic rings. The first kappa shape index (κ1) is 14.8. The molecule has 1 aromatic carbocycles. The van der Waals surface area contributed by atoms with Gasteiger partial charge in [0, 0.05) is 7.05 Å². The van der Waals surface area contributed by atoms with Crippen molar-refractivity contribution in [3.63, 3.8) is 0 Å². The van der Waals surface area contributed by atoms with Crippen LogP contribution < -0.4 is 4.74 Å². The molecule has 0 atom stereocenters. The predicted octanol–water partition coefficient (Wildman–Crippen LogP) is 2.69. The number of likely N-dealkylation sites (N-methyl/N-ethyl adjacent to an activating group) is 1. The molecule has 0 spiro atoms. The number of rotatable bonds is 5. The SMILES string of the molecule is Cc1ccc(C)c(OCCN(C)C(=O)CCl)c1C. The van der Waals surface area contributed by atoms with Gasteiger partial charge in [0.15, 0.2) is 0 Å². The lowest BCUT2D eigenvalue weighted by atomic mass is 10.1. The second kappa shape index (κ2) is 6.64. The van der Waals surface area contributed by atoms with Crippen LogP contribution in [0.15, 0.2) is 12.1 Å². The standard InChI is InChI=1S/C14H20ClNO2/c1-10-5-6-11(2)14(12(10)3)18-8-7-16(4)13(17)9-15/h5-6H,7-9H2,1-4H3. The number of amides is 1. The number of benzene rings is 1. The number of carbonyl (C=O) groups excluding carboxylic acids is 1. The lowest BCUT2D eigenvalue weighted by Gasteiger charge is -2.18. The second-order valence-corrected chi connectivity index (χ2v) is 4.72. The van der Waals surface area contributed by atoms with Gasteiger partial charge in [-0.3, -0.25) is 4.79 Å². The van der Waals surface area contributed by atoms with Crippen LogP contribution in [0.3, 0.4) is 0 Å². The summed E-state index contributed by atoms with van der Waals surface area (Å²) in [6.45, 7) is 7.15. The van der Waals surface area contributed by atoms with Crippen LogP contribution in [0.4, 0.5) is 0 Å². The average molecular weight is 270 g/mol. The number of aryl methyl sites for hydroxylation is 2. The Kier molecular flexibility index (Phi) is 5.48. The quantitative estimate of drug-likeness (QED) is 0.769. The minimum absolute atomic E-state index is 0.0129. The van der Waals surface area contributed by atoms with Crippen molar-refractivity contribution in [1.29, 1.82) is 0 Å². The van der Waals surface area contributed by atoms with E-state index in [1.807, 2.05) is 19.9 Å². The highest BCUT2D eigenvalue weighted by Crippen LogP contribution is 2.25. The summed E-state index contributed by atoms with van der Waals surface area (Å²) >= 11 is 5.48. The molecule has 0 unspecified atom stereocenters. The molecule has 0 aliphatic rings. The zero-order valence-corrected chi connectivity index (χ0v) is 12.2. The molecule has 4 heteroatoms. The fraction of sp³-hybridized carbons (Fsp3) is 0.500. The first-order valence-electron chi connectivity index (χ1n) is 5.97. The summed E-state index contributed by atoms with van der Waals surface area (Å²) < 4.78 is 5.78. The Morgan fingerprint density at radius 1 is 1.28 bits per heavy atom. The normalized spacial score (nSPS) is 10.3. The molecule has 0 fully saturated rings. The van der Waals surface area contributed by atoms with E-state index < -0.39 is 0 Å². The highest BCUT2D eigenvalue weighted by Gasteiger charge is 2.09. The fourth-order valence-corrected chi connectivity index (χ4v) is 1.86. The Morgan fingerprint density at radius 2 is 1.89 bits per heavy atom. The zero-order valence-electron chi connectivity index (χ0n) is 11.4. The number of ether oxygens (including phenoxy) is 1. The lowest BCUT2D eigenvalue weighted by molar-refractivity contribution is -0.127. The fourth-order valence-electron chi connectivity index (χ4n) is 1.66. The Bertz CT molecular complexity index is 432. The van der Waals surface area contributed by atoms with Gasteiger partial charge >= 0.3 is 0 Å². The van der Waals surface area contributed by atoms with Crippen LogP contribution in [0.1, 0.15) is 16.7 Å². The van der Waals surface area contributed by atoms with Gasteiger partial charge in [-0.15, -0.1) is 11.6 Å². The van der Waals surface area contributed by atoms with E-state index in [9.17, 15) is 4.79 Å². The van der Waals surface area contributed by atoms with Gasteiger partial charge < -0.3 is 9.64 Å². The summed E-state index contributed by atoms with van der Waals surface area (Å²) in [5, 5.41) is 0. The van der Waals surface area contributed by atoms with Crippen LogP contribution in [-0.2, 0) is 4.79 Å². The third-order valence-electron chi connectivity index (χ3n) is 3.09. The number of hydrogen-bond acceptors (Lipinski definition) is 2. The third-order valence-corrected chi connectivity index (χ3v) is 3.32. The lowest BCUT2D eigenvalue weighted by Crippen LogP contribution is -2.31. The smallest absolute Gasteiger partial charge is 0.237 e. The Labute approximate surface area is 114 Å². The minimum atomic E-state index is -0.0852. The van der Waals surface area contributed by atoms with Crippen molar-refractivity contribution in [3.05, 3.63) is 28.8 Å². The molecule has 18 heavy (non-hydrogen) atoms. The van der Waals surface area contributed by atoms with Crippen molar-refractivity contribution in [2.75, 3.05) is 26.1 Å². The summed E-state index contributed by atoms with van der Waals surface area (Å²) in [4.78, 5) is 12.9. The van der Waals surface area contributed by atoms with Crippen LogP contribution in [0, 0.1) is 20.8 Å². The molecule has 1 amide bonds. The van der Waals surface area contributed by atoms with E-state index in [0.29, 0.717) is 13.2 Å². The minimum Gasteiger partial charge on any atom is -0.491 e. The third kappa shape index (κ3) is 3.64. The van der Waals surface area contributed by atoms with Crippen molar-refractivity contribution < 1.29 is 9.53 Å². The molecule has 0 radical (unpaired) electrons. The molecule has 0 aromatic heterocycles. The number of halogens is 1. The van der Waals surface area contributed by atoms with E-state index >= 15 is 0 Å². The van der Waals surface area contributed by atoms with Gasteiger partial charge in [-0.2, -0.15) is 0 Å². The first-order chi connectivity index (χ1) is 8.47. The molecule has 0 saturated heterocycles. The number of hydrogen-bond donors (Lipinski definition) is 0. The van der Waals surface area contributed by atoms with E-state index in [1.165, 1.54) is 5.56 Å². The van der Waals surface area contributed by atoms with Gasteiger partial charge in [0.2, 0.25) is 5.91 Å². The maximum atomic E-state index is 11.3. The summed E-state index contributed by atoms with van der Waals surface area (Å²) in [6.07, 6.45) is 0. The number of nitrogens with zero attached hydrogens (tertiary/aromatic N) is 1. The van der Waals surface area contributed by atoms with E-state index in [4.69, 9.17) is 16.3 Å². The molecule has 0 heterocycles. The predicted molar refractivity (Wildman–Crippen MR) is 74.5 cm³/mol. The van der Waals surface area contributed by atoms with E-state index in [0.717, 1.165) is 16.9 Å². The van der Waals surface area contributed by atoms with Crippen LogP contribution in [0.5, 0.6) is 5.75 Å². The van der Waals surface area contributed by atoms with E-state index in [1.54, 1.807) is 11.9 Å². The Balaban J connectivity index is 2.59. The van der Waals surface area contributed by atoms with Crippen LogP contribution in [0.25, 0.3) is 0 Å². The molecule has 0 N–H and O–H groups in total. The van der Waals surface area contributed by atoms with Gasteiger partial charge in [0.1, 0.15) is 18.2 Å². The van der Waals surface area contributed by atoms with Crippen molar-refractivity contribution in [1.82, 2.24) is 4.90 Å². The molecular formula is C14H20ClNO2. The Hall–Kier alpha value is -1.22. The van der Waals surface area contributed by atoms with E-state index in [-0.39, 0.29) is 11.8 Å². The van der Waals surface area contributed by atoms with Gasteiger partial charge in [-0.05, 0) is 37.5 Å². The topological polar surface area (TPSA) is 29.5 Å². The van der Waals surface area contributed by atoms with Crippen molar-refractivity contribution in [2.45, 2.75) is 20.8 Å². The maximum Gasteiger partial charge on any atom is 0.237 e. The van der Waals surface area contributed by atoms with Gasteiger partial charge in [-0.1, -0.05) is 12.1 Å². The van der Waals surface area contributed by atoms with E-state index in [2.05, 4.69) is 13.0 Å². The summed E-state index contributed by atoms with van der Waals surface area (Å²) in [5.41, 5.74) is 3.48. The average Bonchev–Trinajstić information content (AvgIpc) is 2.36. The van der Waals surface area contributed by atoms with Crippen LogP contribution in [-0.4, -0.2) is 36.9 Å². The molecule has 0 saturated carbocycles. The molecule has 0 aliphatic heterocycles. The molecular weight excluding hydrogens is 250 g/mol. The Morgan fingerprint density at radius 3 is 2.50 bits per heavy atom. The summed E-state index contributed by atoms with van der Waals surface area (Å²) in [5.74, 6) is 0.846. The van der Waals surface area contributed by atoms with Crippen molar-refractivity contribution >= 4 is 17.5 Å². The number of alkyl halides is 1. The van der Waals surface area contributed by atoms with Crippen LogP contribution >= 0.6 is 11.6 Å². The maximum absolute atomic E-state index is 11.3. The highest BCUT2D eigenvalue weighted by molar-refractivity contribution is 6.27. The molecule has 3 nitrogen and oxygen atoms in total. The monoisotopic (exact) mass is 269 g/mol. The van der Waals surface area contributed by atoms with Crippen LogP contribution in [0.2, 0.25) is 0 Å². The van der Waals surface area contributed by atoms with Gasteiger partial charge in [0.05, 0.1) is 6.54 Å². The first-order valence-corrected chi connectivity index (χ1v) is 6.50.